The van der Waals surface area contributed by atoms with Gasteiger partial charge in [0.15, 0.2) is 22.6 Å². The second-order valence-electron chi connectivity index (χ2n) is 6.77. The van der Waals surface area contributed by atoms with E-state index in [-0.39, 0.29) is 30.0 Å². The van der Waals surface area contributed by atoms with Gasteiger partial charge in [-0.1, -0.05) is 25.7 Å². The molecule has 3 rings (SSSR count). The van der Waals surface area contributed by atoms with Crippen molar-refractivity contribution in [3.8, 4) is 12.3 Å². The molecule has 0 unspecified atom stereocenters. The molecule has 1 fully saturated rings. The van der Waals surface area contributed by atoms with Gasteiger partial charge in [-0.25, -0.2) is 9.78 Å². The number of carbonyl (C=O) groups is 1. The van der Waals surface area contributed by atoms with E-state index in [9.17, 15) is 14.3 Å². The first kappa shape index (κ1) is 20.8. The van der Waals surface area contributed by atoms with Gasteiger partial charge in [-0.05, 0) is 6.42 Å². The first-order valence-electron chi connectivity index (χ1n) is 9.30. The van der Waals surface area contributed by atoms with Crippen LogP contribution in [0.2, 0.25) is 0 Å². The number of nitrogens with two attached hydrogens (primary N) is 1. The normalized spacial score (nSPS) is 23.8. The maximum absolute atomic E-state index is 13.6. The molecule has 0 spiro atoms. The van der Waals surface area contributed by atoms with E-state index < -0.39 is 30.1 Å². The van der Waals surface area contributed by atoms with Crippen LogP contribution >= 0.6 is 0 Å². The van der Waals surface area contributed by atoms with Crippen LogP contribution in [0.1, 0.15) is 38.8 Å². The Hall–Kier alpha value is -2.97. The maximum atomic E-state index is 13.6. The first-order chi connectivity index (χ1) is 13.9. The van der Waals surface area contributed by atoms with Crippen molar-refractivity contribution in [1.82, 2.24) is 24.8 Å². The van der Waals surface area contributed by atoms with Crippen molar-refractivity contribution in [3.63, 3.8) is 0 Å². The van der Waals surface area contributed by atoms with Gasteiger partial charge in [0.1, 0.15) is 18.9 Å². The van der Waals surface area contributed by atoms with E-state index >= 15 is 0 Å². The smallest absolute Gasteiger partial charge is 0.407 e. The Morgan fingerprint density at radius 3 is 3.10 bits per heavy atom. The zero-order valence-electron chi connectivity index (χ0n) is 16.0. The molecule has 1 aliphatic heterocycles. The fourth-order valence-electron chi connectivity index (χ4n) is 3.13. The topological polar surface area (TPSA) is 137 Å². The number of ether oxygens (including phenoxy) is 2. The summed E-state index contributed by atoms with van der Waals surface area (Å²) in [6, 6.07) is 0. The van der Waals surface area contributed by atoms with Crippen LogP contribution in [-0.2, 0) is 9.47 Å². The molecule has 1 amide bonds. The number of carbonyl (C=O) groups excluding carboxylic acids is 1. The monoisotopic (exact) mass is 406 g/mol. The molecule has 11 heteroatoms. The number of halogens is 1. The third kappa shape index (κ3) is 4.23. The number of hydrogen-bond donors (Lipinski definition) is 3. The lowest BCUT2D eigenvalue weighted by molar-refractivity contribution is -0.0909. The number of rotatable bonds is 7. The van der Waals surface area contributed by atoms with Crippen LogP contribution in [0.25, 0.3) is 11.2 Å². The van der Waals surface area contributed by atoms with Crippen molar-refractivity contribution in [3.05, 3.63) is 12.4 Å². The van der Waals surface area contributed by atoms with Gasteiger partial charge in [-0.2, -0.15) is 14.4 Å². The molecule has 0 aliphatic carbocycles. The highest BCUT2D eigenvalue weighted by Gasteiger charge is 2.49. The number of aliphatic hydroxyl groups is 1. The summed E-state index contributed by atoms with van der Waals surface area (Å²) in [5, 5.41) is 13.1. The summed E-state index contributed by atoms with van der Waals surface area (Å²) in [5.74, 6) is 2.26. The molecule has 2 aromatic heterocycles. The van der Waals surface area contributed by atoms with Crippen molar-refractivity contribution < 1.29 is 23.8 Å². The van der Waals surface area contributed by atoms with Gasteiger partial charge in [0, 0.05) is 13.0 Å². The highest BCUT2D eigenvalue weighted by Crippen LogP contribution is 2.38. The quantitative estimate of drug-likeness (QED) is 0.353. The maximum Gasteiger partial charge on any atom is 0.407 e. The van der Waals surface area contributed by atoms with Gasteiger partial charge in [0.2, 0.25) is 0 Å². The Morgan fingerprint density at radius 1 is 1.59 bits per heavy atom. The predicted octanol–water partition coefficient (Wildman–Crippen LogP) is 1.12. The number of hydrogen-bond acceptors (Lipinski definition) is 8. The molecule has 0 saturated carbocycles. The molecule has 3 atom stereocenters. The van der Waals surface area contributed by atoms with Crippen LogP contribution in [0.15, 0.2) is 6.33 Å². The fraction of sp³-hybridized carbons (Fsp3) is 0.556. The number of aromatic nitrogens is 4. The second-order valence-corrected chi connectivity index (χ2v) is 6.77. The number of amides is 1. The standard InChI is InChI=1S/C18H23FN6O4/c1-3-5-6-7-21-17(27)28-9-18(4-2)11(26)8-12(29-18)25-10-22-13-14(20)23-16(19)24-15(13)25/h2,10-12,26H,3,5-9H2,1H3,(H,21,27)(H2,20,23,24)/t11-,12+,18+/m0/s1. The SMILES string of the molecule is C#C[C@]1(COC(=O)NCCCCC)O[C@@H](n2cnc3c(N)nc(F)nc32)C[C@@H]1O. The van der Waals surface area contributed by atoms with Crippen LogP contribution in [0.3, 0.4) is 0 Å². The number of terminal acetylenes is 1. The van der Waals surface area contributed by atoms with Crippen LogP contribution in [0, 0.1) is 18.4 Å². The summed E-state index contributed by atoms with van der Waals surface area (Å²) < 4.78 is 26.0. The molecule has 29 heavy (non-hydrogen) atoms. The first-order valence-corrected chi connectivity index (χ1v) is 9.30. The molecule has 0 aromatic carbocycles. The molecule has 1 aliphatic rings. The highest BCUT2D eigenvalue weighted by molar-refractivity contribution is 5.81. The molecule has 1 saturated heterocycles. The number of alkyl carbamates (subject to hydrolysis) is 1. The van der Waals surface area contributed by atoms with Gasteiger partial charge >= 0.3 is 12.2 Å². The van der Waals surface area contributed by atoms with E-state index in [4.69, 9.17) is 21.6 Å². The van der Waals surface area contributed by atoms with E-state index in [0.717, 1.165) is 19.3 Å². The lowest BCUT2D eigenvalue weighted by Crippen LogP contribution is -2.44. The minimum Gasteiger partial charge on any atom is -0.445 e. The number of nitrogen functional groups attached to an aromatic ring is 1. The molecular formula is C18H23FN6O4. The van der Waals surface area contributed by atoms with Crippen LogP contribution in [0.4, 0.5) is 15.0 Å². The van der Waals surface area contributed by atoms with Gasteiger partial charge in [-0.15, -0.1) is 6.42 Å². The van der Waals surface area contributed by atoms with Gasteiger partial charge in [0.25, 0.3) is 0 Å². The summed E-state index contributed by atoms with van der Waals surface area (Å²) >= 11 is 0. The van der Waals surface area contributed by atoms with Crippen molar-refractivity contribution in [2.24, 2.45) is 0 Å². The Morgan fingerprint density at radius 2 is 2.38 bits per heavy atom. The zero-order chi connectivity index (χ0) is 21.0. The minimum absolute atomic E-state index is 0.0582. The van der Waals surface area contributed by atoms with Crippen molar-refractivity contribution >= 4 is 23.1 Å². The Labute approximate surface area is 166 Å². The second kappa shape index (κ2) is 8.59. The molecular weight excluding hydrogens is 383 g/mol. The van der Waals surface area contributed by atoms with Crippen LogP contribution in [-0.4, -0.2) is 55.6 Å². The minimum atomic E-state index is -1.56. The van der Waals surface area contributed by atoms with Crippen molar-refractivity contribution in [1.29, 1.82) is 0 Å². The average molecular weight is 406 g/mol. The highest BCUT2D eigenvalue weighted by atomic mass is 19.1. The zero-order valence-corrected chi connectivity index (χ0v) is 16.0. The van der Waals surface area contributed by atoms with Crippen LogP contribution < -0.4 is 11.1 Å². The Balaban J connectivity index is 1.70. The molecule has 3 heterocycles. The third-order valence-corrected chi connectivity index (χ3v) is 4.75. The van der Waals surface area contributed by atoms with Gasteiger partial charge < -0.3 is 25.6 Å². The predicted molar refractivity (Wildman–Crippen MR) is 101 cm³/mol. The molecule has 10 nitrogen and oxygen atoms in total. The largest absolute Gasteiger partial charge is 0.445 e. The molecule has 0 radical (unpaired) electrons. The van der Waals surface area contributed by atoms with Crippen molar-refractivity contribution in [2.45, 2.75) is 50.5 Å². The molecule has 0 bridgehead atoms. The molecule has 2 aromatic rings. The summed E-state index contributed by atoms with van der Waals surface area (Å²) in [6.07, 6.45) is 6.25. The number of anilines is 1. The number of unbranched alkanes of at least 4 members (excludes halogenated alkanes) is 2. The summed E-state index contributed by atoms with van der Waals surface area (Å²) in [5.41, 5.74) is 4.41. The Kier molecular flexibility index (Phi) is 6.14. The summed E-state index contributed by atoms with van der Waals surface area (Å²) in [6.45, 7) is 2.19. The number of aliphatic hydroxyl groups excluding tert-OH is 1. The van der Waals surface area contributed by atoms with Gasteiger partial charge in [-0.3, -0.25) is 4.57 Å². The Bertz CT molecular complexity index is 929. The summed E-state index contributed by atoms with van der Waals surface area (Å²) in [4.78, 5) is 23.0. The third-order valence-electron chi connectivity index (χ3n) is 4.75. The van der Waals surface area contributed by atoms with E-state index in [2.05, 4.69) is 33.1 Å². The van der Waals surface area contributed by atoms with E-state index in [1.54, 1.807) is 0 Å². The summed E-state index contributed by atoms with van der Waals surface area (Å²) in [7, 11) is 0. The number of imidazole rings is 1. The lowest BCUT2D eigenvalue weighted by atomic mass is 9.99. The van der Waals surface area contributed by atoms with E-state index in [1.807, 2.05) is 0 Å². The van der Waals surface area contributed by atoms with E-state index in [1.165, 1.54) is 10.9 Å². The fourth-order valence-corrected chi connectivity index (χ4v) is 3.13. The van der Waals surface area contributed by atoms with E-state index in [0.29, 0.717) is 6.54 Å². The molecule has 4 N–H and O–H groups in total. The van der Waals surface area contributed by atoms with Gasteiger partial charge in [0.05, 0.1) is 6.33 Å². The van der Waals surface area contributed by atoms with Crippen molar-refractivity contribution in [2.75, 3.05) is 18.9 Å². The lowest BCUT2D eigenvalue weighted by Gasteiger charge is -2.26. The molecule has 156 valence electrons. The average Bonchev–Trinajstić information content (AvgIpc) is 3.25. The van der Waals surface area contributed by atoms with Crippen LogP contribution in [0.5, 0.6) is 0 Å². The number of nitrogens with one attached hydrogen (secondary N) is 1. The number of fused-ring (bicyclic) bond motifs is 1. The number of nitrogens with zero attached hydrogens (tertiary/aromatic N) is 4.